The van der Waals surface area contributed by atoms with Crippen LogP contribution in [-0.2, 0) is 66.7 Å². The van der Waals surface area contributed by atoms with Crippen molar-refractivity contribution in [1.82, 2.24) is 0 Å². The molecular weight excluding hydrogens is 612 g/mol. The first-order valence-electron chi connectivity index (χ1n) is 14.7. The van der Waals surface area contributed by atoms with E-state index in [0.717, 1.165) is 34.6 Å². The Bertz CT molecular complexity index is 1350. The van der Waals surface area contributed by atoms with E-state index in [4.69, 9.17) is 37.9 Å². The molecule has 2 heterocycles. The van der Waals surface area contributed by atoms with E-state index in [2.05, 4.69) is 0 Å². The van der Waals surface area contributed by atoms with E-state index in [1.54, 1.807) is 0 Å². The average Bonchev–Trinajstić information content (AvgIpc) is 3.69. The Balaban J connectivity index is 2.17. The van der Waals surface area contributed by atoms with Crippen LogP contribution in [0.25, 0.3) is 0 Å². The highest BCUT2D eigenvalue weighted by molar-refractivity contribution is 5.78. The molecule has 0 bridgehead atoms. The molecule has 2 aliphatic carbocycles. The van der Waals surface area contributed by atoms with Crippen molar-refractivity contribution in [3.8, 4) is 0 Å². The second kappa shape index (κ2) is 12.8. The van der Waals surface area contributed by atoms with E-state index in [9.17, 15) is 33.9 Å². The van der Waals surface area contributed by atoms with Crippen LogP contribution in [0.4, 0.5) is 0 Å². The zero-order valence-electron chi connectivity index (χ0n) is 26.9. The summed E-state index contributed by atoms with van der Waals surface area (Å²) < 4.78 is 46.1. The zero-order valence-corrected chi connectivity index (χ0v) is 26.9. The van der Waals surface area contributed by atoms with Crippen molar-refractivity contribution >= 4 is 35.8 Å². The number of methoxy groups -OCH3 is 1. The second-order valence-corrected chi connectivity index (χ2v) is 12.3. The van der Waals surface area contributed by atoms with Gasteiger partial charge in [-0.05, 0) is 24.6 Å². The molecule has 0 unspecified atom stereocenters. The molecule has 11 atom stereocenters. The van der Waals surface area contributed by atoms with Gasteiger partial charge in [0, 0.05) is 47.6 Å². The number of hydrogen-bond donors (Lipinski definition) is 1. The quantitative estimate of drug-likeness (QED) is 0.226. The molecule has 15 nitrogen and oxygen atoms in total. The maximum Gasteiger partial charge on any atom is 0.312 e. The van der Waals surface area contributed by atoms with Crippen LogP contribution in [0, 0.1) is 17.3 Å². The topological polar surface area (TPSA) is 200 Å². The average molecular weight is 653 g/mol. The molecule has 1 saturated carbocycles. The lowest BCUT2D eigenvalue weighted by molar-refractivity contribution is -0.279. The van der Waals surface area contributed by atoms with Crippen LogP contribution in [0.3, 0.4) is 0 Å². The van der Waals surface area contributed by atoms with Gasteiger partial charge in [0.05, 0.1) is 24.5 Å². The molecule has 4 aliphatic rings. The predicted molar refractivity (Wildman–Crippen MR) is 151 cm³/mol. The lowest BCUT2D eigenvalue weighted by Crippen LogP contribution is -2.76. The summed E-state index contributed by atoms with van der Waals surface area (Å²) in [6.45, 7) is 8.20. The van der Waals surface area contributed by atoms with Crippen LogP contribution in [0.2, 0.25) is 0 Å². The monoisotopic (exact) mass is 652 g/mol. The number of fused-ring (bicyclic) bond motifs is 3. The fourth-order valence-corrected chi connectivity index (χ4v) is 7.27. The number of aliphatic hydroxyl groups is 1. The van der Waals surface area contributed by atoms with Crippen LogP contribution in [0.1, 0.15) is 48.5 Å². The summed E-state index contributed by atoms with van der Waals surface area (Å²) in [4.78, 5) is 76.5. The van der Waals surface area contributed by atoms with Gasteiger partial charge in [0.2, 0.25) is 0 Å². The van der Waals surface area contributed by atoms with Crippen LogP contribution < -0.4 is 0 Å². The van der Waals surface area contributed by atoms with Crippen LogP contribution in [0.15, 0.2) is 23.8 Å². The third kappa shape index (κ3) is 6.02. The molecule has 3 fully saturated rings. The first-order valence-corrected chi connectivity index (χ1v) is 14.7. The van der Waals surface area contributed by atoms with Gasteiger partial charge in [-0.1, -0.05) is 13.0 Å². The van der Waals surface area contributed by atoms with Gasteiger partial charge in [0.1, 0.15) is 17.8 Å². The van der Waals surface area contributed by atoms with Gasteiger partial charge >= 0.3 is 35.8 Å². The number of esters is 6. The van der Waals surface area contributed by atoms with E-state index in [0.29, 0.717) is 5.57 Å². The Morgan fingerprint density at radius 2 is 1.39 bits per heavy atom. The van der Waals surface area contributed by atoms with Crippen molar-refractivity contribution in [2.45, 2.75) is 96.3 Å². The number of ether oxygens (including phenoxy) is 8. The molecule has 1 N–H and O–H groups in total. The highest BCUT2D eigenvalue weighted by Crippen LogP contribution is 2.63. The Hall–Kier alpha value is -3.82. The lowest BCUT2D eigenvalue weighted by atomic mass is 9.51. The summed E-state index contributed by atoms with van der Waals surface area (Å²) in [5.41, 5.74) is -5.45. The largest absolute Gasteiger partial charge is 0.459 e. The van der Waals surface area contributed by atoms with Gasteiger partial charge < -0.3 is 43.0 Å². The lowest BCUT2D eigenvalue weighted by Gasteiger charge is -2.59. The standard InChI is InChI=1S/C31H40O15/c1-14-28(37)46-22-11-20(12-39-8)9-10-21(41-15(2)32)29(7)24(27(31(14,22)38)45-19(6)36)30(13-40-30)26(44-18(5)35)23(42-16(3)33)25(29)43-17(4)34/h9-11,14,21-27,38H,12-13H2,1-8H3/b10-9+,20-11+/t14-,21-,22-,23+,24-,25-,26+,27-,29+,30-,31+/m0/s1. The summed E-state index contributed by atoms with van der Waals surface area (Å²) in [6.07, 6.45) is -4.71. The zero-order chi connectivity index (χ0) is 34.4. The van der Waals surface area contributed by atoms with Crippen molar-refractivity contribution in [2.75, 3.05) is 20.3 Å². The molecule has 0 aromatic heterocycles. The molecular formula is C31H40O15. The first-order chi connectivity index (χ1) is 21.4. The summed E-state index contributed by atoms with van der Waals surface area (Å²) in [6, 6.07) is 0. The van der Waals surface area contributed by atoms with E-state index < -0.39 is 101 Å². The van der Waals surface area contributed by atoms with Crippen molar-refractivity contribution < 1.29 is 71.8 Å². The Morgan fingerprint density at radius 1 is 0.870 bits per heavy atom. The fourth-order valence-electron chi connectivity index (χ4n) is 7.27. The first kappa shape index (κ1) is 35.0. The molecule has 2 aliphatic heterocycles. The molecule has 2 saturated heterocycles. The summed E-state index contributed by atoms with van der Waals surface area (Å²) in [7, 11) is 1.41. The van der Waals surface area contributed by atoms with Gasteiger partial charge in [0.15, 0.2) is 30.0 Å². The van der Waals surface area contributed by atoms with Gasteiger partial charge in [-0.2, -0.15) is 0 Å². The highest BCUT2D eigenvalue weighted by atomic mass is 16.7. The van der Waals surface area contributed by atoms with Crippen molar-refractivity contribution in [1.29, 1.82) is 0 Å². The maximum absolute atomic E-state index is 13.2. The minimum absolute atomic E-state index is 0.0504. The highest BCUT2D eigenvalue weighted by Gasteiger charge is 2.81. The smallest absolute Gasteiger partial charge is 0.312 e. The number of carbonyl (C=O) groups is 6. The molecule has 0 aromatic carbocycles. The predicted octanol–water partition coefficient (Wildman–Crippen LogP) is 0.485. The Kier molecular flexibility index (Phi) is 9.72. The van der Waals surface area contributed by atoms with Crippen molar-refractivity contribution in [3.63, 3.8) is 0 Å². The summed E-state index contributed by atoms with van der Waals surface area (Å²) in [5, 5.41) is 12.7. The molecule has 46 heavy (non-hydrogen) atoms. The van der Waals surface area contributed by atoms with Gasteiger partial charge in [0.25, 0.3) is 0 Å². The number of carbonyl (C=O) groups excluding carboxylic acids is 6. The molecule has 4 rings (SSSR count). The molecule has 15 heteroatoms. The number of rotatable bonds is 7. The molecule has 254 valence electrons. The molecule has 0 amide bonds. The van der Waals surface area contributed by atoms with Gasteiger partial charge in [-0.3, -0.25) is 28.8 Å². The van der Waals surface area contributed by atoms with Crippen LogP contribution in [-0.4, -0.2) is 109 Å². The van der Waals surface area contributed by atoms with Crippen LogP contribution in [0.5, 0.6) is 0 Å². The van der Waals surface area contributed by atoms with Crippen molar-refractivity contribution in [3.05, 3.63) is 23.8 Å². The van der Waals surface area contributed by atoms with Crippen LogP contribution >= 0.6 is 0 Å². The summed E-state index contributed by atoms with van der Waals surface area (Å²) >= 11 is 0. The van der Waals surface area contributed by atoms with Gasteiger partial charge in [-0.25, -0.2) is 0 Å². The minimum Gasteiger partial charge on any atom is -0.459 e. The Labute approximate surface area is 265 Å². The molecule has 0 aromatic rings. The SMILES string of the molecule is COCC1=C/[C@@H]2OC(=O)[C@H](C)[C@]2(O)[C@@H](OC(C)=O)[C@@H]2[C@@]3(CO3)[C@H](OC(C)=O)[C@H](OC(C)=O)[C@H](OC(C)=O)[C@]2(C)[C@@H](OC(C)=O)\C=C\1. The van der Waals surface area contributed by atoms with E-state index >= 15 is 0 Å². The molecule has 1 spiro atoms. The van der Waals surface area contributed by atoms with E-state index in [1.165, 1.54) is 39.2 Å². The Morgan fingerprint density at radius 3 is 1.89 bits per heavy atom. The second-order valence-electron chi connectivity index (χ2n) is 12.3. The maximum atomic E-state index is 13.2. The third-order valence-corrected chi connectivity index (χ3v) is 9.12. The third-order valence-electron chi connectivity index (χ3n) is 9.12. The number of hydrogen-bond acceptors (Lipinski definition) is 15. The van der Waals surface area contributed by atoms with Gasteiger partial charge in [-0.15, -0.1) is 0 Å². The van der Waals surface area contributed by atoms with E-state index in [-0.39, 0.29) is 13.2 Å². The number of epoxide rings is 1. The van der Waals surface area contributed by atoms with E-state index in [1.807, 2.05) is 0 Å². The minimum atomic E-state index is -2.33. The van der Waals surface area contributed by atoms with Crippen molar-refractivity contribution in [2.24, 2.45) is 17.3 Å². The summed E-state index contributed by atoms with van der Waals surface area (Å²) in [5.74, 6) is -7.67. The fraction of sp³-hybridized carbons (Fsp3) is 0.677. The molecule has 0 radical (unpaired) electrons. The normalized spacial score (nSPS) is 41.3.